The van der Waals surface area contributed by atoms with Gasteiger partial charge in [0.05, 0.1) is 0 Å². The van der Waals surface area contributed by atoms with Crippen LogP contribution in [0.25, 0.3) is 4.85 Å². The van der Waals surface area contributed by atoms with Crippen LogP contribution in [0.2, 0.25) is 0 Å². The van der Waals surface area contributed by atoms with Crippen LogP contribution in [-0.4, -0.2) is 11.6 Å². The highest BCUT2D eigenvalue weighted by Gasteiger charge is 1.77. The van der Waals surface area contributed by atoms with Crippen molar-refractivity contribution >= 4 is 11.8 Å². The number of rotatable bonds is 2. The van der Waals surface area contributed by atoms with E-state index >= 15 is 0 Å². The van der Waals surface area contributed by atoms with Gasteiger partial charge in [0.2, 0.25) is 0 Å². The molecule has 0 aromatic rings. The second-order valence-electron chi connectivity index (χ2n) is 0.780. The smallest absolute Gasteiger partial charge is 0.260 e. The van der Waals surface area contributed by atoms with Crippen LogP contribution in [-0.2, 0) is 0 Å². The van der Waals surface area contributed by atoms with Crippen molar-refractivity contribution < 1.29 is 0 Å². The lowest BCUT2D eigenvalue weighted by molar-refractivity contribution is 1.52. The van der Waals surface area contributed by atoms with Gasteiger partial charge >= 0.3 is 0 Å². The summed E-state index contributed by atoms with van der Waals surface area (Å²) >= 11 is 1.65. The van der Waals surface area contributed by atoms with Gasteiger partial charge in [0, 0.05) is 0 Å². The normalized spacial score (nSPS) is 7.33. The van der Waals surface area contributed by atoms with Crippen LogP contribution >= 0.6 is 11.8 Å². The van der Waals surface area contributed by atoms with Crippen LogP contribution in [0.15, 0.2) is 0 Å². The van der Waals surface area contributed by atoms with Crippen molar-refractivity contribution in [1.82, 2.24) is 0 Å². The molecule has 6 heavy (non-hydrogen) atoms. The van der Waals surface area contributed by atoms with Crippen molar-refractivity contribution in [3.63, 3.8) is 0 Å². The fourth-order valence-corrected chi connectivity index (χ4v) is 0.411. The zero-order chi connectivity index (χ0) is 4.83. The van der Waals surface area contributed by atoms with Crippen LogP contribution in [0.4, 0.5) is 0 Å². The van der Waals surface area contributed by atoms with E-state index < -0.39 is 0 Å². The van der Waals surface area contributed by atoms with Gasteiger partial charge in [0.25, 0.3) is 5.88 Å². The lowest BCUT2D eigenvalue weighted by atomic mass is 11.0. The predicted octanol–water partition coefficient (Wildman–Crippen LogP) is 1.62. The highest BCUT2D eigenvalue weighted by Crippen LogP contribution is 1.95. The molecule has 2 heteroatoms. The third-order valence-corrected chi connectivity index (χ3v) is 1.08. The maximum Gasteiger partial charge on any atom is 0.260 e. The molecule has 0 aliphatic rings. The first kappa shape index (κ1) is 5.84. The van der Waals surface area contributed by atoms with Crippen LogP contribution < -0.4 is 0 Å². The summed E-state index contributed by atoms with van der Waals surface area (Å²) in [4.78, 5) is 3.14. The standard InChI is InChI=1S/C4H7NS/c1-3-6-4-5-2/h3-4H2,1H3. The highest BCUT2D eigenvalue weighted by atomic mass is 32.2. The van der Waals surface area contributed by atoms with Crippen LogP contribution in [0, 0.1) is 6.57 Å². The van der Waals surface area contributed by atoms with Crippen molar-refractivity contribution in [2.45, 2.75) is 6.92 Å². The van der Waals surface area contributed by atoms with Crippen molar-refractivity contribution in [2.24, 2.45) is 0 Å². The number of hydrogen-bond acceptors (Lipinski definition) is 1. The van der Waals surface area contributed by atoms with E-state index in [-0.39, 0.29) is 0 Å². The Labute approximate surface area is 42.6 Å². The minimum Gasteiger partial charge on any atom is -0.305 e. The van der Waals surface area contributed by atoms with E-state index in [0.717, 1.165) is 5.75 Å². The van der Waals surface area contributed by atoms with Gasteiger partial charge < -0.3 is 4.85 Å². The molecule has 0 bridgehead atoms. The van der Waals surface area contributed by atoms with Gasteiger partial charge in [-0.1, -0.05) is 18.7 Å². The number of nitrogens with zero attached hydrogens (tertiary/aromatic N) is 1. The summed E-state index contributed by atoms with van der Waals surface area (Å²) in [6.45, 7) is 8.36. The average molecular weight is 101 g/mol. The van der Waals surface area contributed by atoms with Crippen LogP contribution in [0.5, 0.6) is 0 Å². The molecule has 0 atom stereocenters. The Kier molecular flexibility index (Phi) is 4.71. The molecular weight excluding hydrogens is 94.1 g/mol. The molecule has 0 spiro atoms. The van der Waals surface area contributed by atoms with Gasteiger partial charge in [-0.2, -0.15) is 0 Å². The Balaban J connectivity index is 2.54. The summed E-state index contributed by atoms with van der Waals surface area (Å²) in [7, 11) is 0. The van der Waals surface area contributed by atoms with E-state index in [0.29, 0.717) is 5.88 Å². The maximum atomic E-state index is 6.31. The van der Waals surface area contributed by atoms with Crippen molar-refractivity contribution in [2.75, 3.05) is 11.6 Å². The quantitative estimate of drug-likeness (QED) is 0.378. The monoisotopic (exact) mass is 101 g/mol. The molecule has 0 aliphatic heterocycles. The fourth-order valence-electron chi connectivity index (χ4n) is 0.137. The molecule has 0 aromatic carbocycles. The number of hydrogen-bond donors (Lipinski definition) is 0. The van der Waals surface area contributed by atoms with Crippen LogP contribution in [0.3, 0.4) is 0 Å². The summed E-state index contributed by atoms with van der Waals surface area (Å²) in [6, 6.07) is 0. The molecule has 0 aromatic heterocycles. The summed E-state index contributed by atoms with van der Waals surface area (Å²) in [6.07, 6.45) is 0. The SMILES string of the molecule is [C-]#[N+]CSCC. The molecule has 0 fully saturated rings. The van der Waals surface area contributed by atoms with E-state index in [1.807, 2.05) is 0 Å². The highest BCUT2D eigenvalue weighted by molar-refractivity contribution is 7.99. The van der Waals surface area contributed by atoms with Crippen molar-refractivity contribution in [3.05, 3.63) is 11.4 Å². The molecule has 0 saturated heterocycles. The molecule has 34 valence electrons. The molecule has 0 saturated carbocycles. The van der Waals surface area contributed by atoms with Gasteiger partial charge in [-0.25, -0.2) is 6.57 Å². The van der Waals surface area contributed by atoms with E-state index in [1.165, 1.54) is 0 Å². The van der Waals surface area contributed by atoms with E-state index in [1.54, 1.807) is 11.8 Å². The second kappa shape index (κ2) is 4.84. The Morgan fingerprint density at radius 3 is 2.67 bits per heavy atom. The Morgan fingerprint density at radius 1 is 1.83 bits per heavy atom. The first-order valence-corrected chi connectivity index (χ1v) is 2.98. The third-order valence-electron chi connectivity index (χ3n) is 0.360. The molecule has 0 radical (unpaired) electrons. The van der Waals surface area contributed by atoms with Crippen molar-refractivity contribution in [3.8, 4) is 0 Å². The fraction of sp³-hybridized carbons (Fsp3) is 0.750. The Morgan fingerprint density at radius 2 is 2.50 bits per heavy atom. The Hall–Kier alpha value is -0.160. The lowest BCUT2D eigenvalue weighted by Crippen LogP contribution is -1.64. The maximum absolute atomic E-state index is 6.31. The molecule has 0 N–H and O–H groups in total. The number of thioether (sulfide) groups is 1. The van der Waals surface area contributed by atoms with Gasteiger partial charge in [-0.3, -0.25) is 0 Å². The van der Waals surface area contributed by atoms with E-state index in [4.69, 9.17) is 6.57 Å². The molecular formula is C4H7NS. The van der Waals surface area contributed by atoms with Gasteiger partial charge in [0.15, 0.2) is 0 Å². The molecule has 1 nitrogen and oxygen atoms in total. The van der Waals surface area contributed by atoms with Crippen LogP contribution in [0.1, 0.15) is 6.92 Å². The topological polar surface area (TPSA) is 4.36 Å². The zero-order valence-corrected chi connectivity index (χ0v) is 4.59. The van der Waals surface area contributed by atoms with Gasteiger partial charge in [-0.05, 0) is 5.75 Å². The molecule has 0 unspecified atom stereocenters. The molecule has 0 aliphatic carbocycles. The third kappa shape index (κ3) is 3.84. The van der Waals surface area contributed by atoms with E-state index in [9.17, 15) is 0 Å². The lowest BCUT2D eigenvalue weighted by Gasteiger charge is -1.76. The summed E-state index contributed by atoms with van der Waals surface area (Å²) in [5.74, 6) is 1.68. The molecule has 0 amide bonds. The molecule has 0 heterocycles. The largest absolute Gasteiger partial charge is 0.305 e. The summed E-state index contributed by atoms with van der Waals surface area (Å²) in [5.41, 5.74) is 0. The second-order valence-corrected chi connectivity index (χ2v) is 2.02. The van der Waals surface area contributed by atoms with Crippen molar-refractivity contribution in [1.29, 1.82) is 0 Å². The minimum absolute atomic E-state index is 0.622. The minimum atomic E-state index is 0.622. The van der Waals surface area contributed by atoms with Gasteiger partial charge in [-0.15, -0.1) is 0 Å². The predicted molar refractivity (Wildman–Crippen MR) is 29.6 cm³/mol. The first-order valence-electron chi connectivity index (χ1n) is 1.82. The summed E-state index contributed by atoms with van der Waals surface area (Å²) < 4.78 is 0. The zero-order valence-electron chi connectivity index (χ0n) is 3.77. The summed E-state index contributed by atoms with van der Waals surface area (Å²) in [5, 5.41) is 0. The van der Waals surface area contributed by atoms with Gasteiger partial charge in [0.1, 0.15) is 0 Å². The van der Waals surface area contributed by atoms with E-state index in [2.05, 4.69) is 11.8 Å². The Bertz CT molecular complexity index is 55.1. The molecule has 0 rings (SSSR count). The first-order chi connectivity index (χ1) is 2.91. The average Bonchev–Trinajstić information content (AvgIpc) is 1.61.